The minimum atomic E-state index is 0. The summed E-state index contributed by atoms with van der Waals surface area (Å²) in [6.07, 6.45) is 0. The summed E-state index contributed by atoms with van der Waals surface area (Å²) in [7, 11) is 0. The molecule has 0 aliphatic rings. The van der Waals surface area contributed by atoms with Gasteiger partial charge in [-0.3, -0.25) is 0 Å². The van der Waals surface area contributed by atoms with Crippen LogP contribution in [0.4, 0.5) is 0 Å². The Balaban J connectivity index is 0. The molecule has 0 aromatic carbocycles. The topological polar surface area (TPSA) is 0 Å². The fourth-order valence-electron chi connectivity index (χ4n) is 0. The highest BCUT2D eigenvalue weighted by Gasteiger charge is -0.140. The zero-order chi connectivity index (χ0) is 0. The van der Waals surface area contributed by atoms with Gasteiger partial charge in [-0.2, -0.15) is 9.90 Å². The Morgan fingerprint density at radius 3 is 0.250 bits per heavy atom. The molecule has 0 aliphatic heterocycles. The van der Waals surface area contributed by atoms with E-state index in [2.05, 4.69) is 0 Å². The highest BCUT2D eigenvalue weighted by Crippen LogP contribution is 0.861. The summed E-state index contributed by atoms with van der Waals surface area (Å²) in [5.74, 6) is 0. The van der Waals surface area contributed by atoms with Crippen LogP contribution in [0.15, 0.2) is 0 Å². The smallest absolute Gasteiger partial charge is 0.147 e. The SMILES string of the molecule is Cl.Cl.Cl.Cl.Cl.Cl.Cl.P. The minimum absolute atomic E-state index is 0. The fraction of sp³-hybridized carbons (Fsp3) is 0. The Labute approximate surface area is 96.2 Å². The van der Waals surface area contributed by atoms with E-state index >= 15 is 0 Å². The van der Waals surface area contributed by atoms with Gasteiger partial charge in [-0.05, 0) is 0 Å². The van der Waals surface area contributed by atoms with Crippen molar-refractivity contribution in [1.82, 2.24) is 0 Å². The highest BCUT2D eigenvalue weighted by molar-refractivity contribution is 6.92. The van der Waals surface area contributed by atoms with Crippen molar-refractivity contribution >= 4 is 96.7 Å². The maximum atomic E-state index is 0. The maximum Gasteiger partial charge on any atom is -0.147 e. The molecule has 8 heteroatoms. The first-order valence-corrected chi connectivity index (χ1v) is 0. The van der Waals surface area contributed by atoms with Crippen LogP contribution in [-0.4, -0.2) is 0 Å². The lowest BCUT2D eigenvalue weighted by Gasteiger charge is -0.154. The van der Waals surface area contributed by atoms with Crippen molar-refractivity contribution < 1.29 is 0 Å². The zero-order valence-electron chi connectivity index (χ0n) is 3.56. The third-order valence-electron chi connectivity index (χ3n) is 0. The third-order valence-corrected chi connectivity index (χ3v) is 0. The van der Waals surface area contributed by atoms with Crippen LogP contribution in [0.5, 0.6) is 0 Å². The number of rotatable bonds is 0. The van der Waals surface area contributed by atoms with E-state index in [0.717, 1.165) is 0 Å². The summed E-state index contributed by atoms with van der Waals surface area (Å²) in [6.45, 7) is 0. The average Bonchev–Trinajstić information content (AvgIpc) is 0. The number of hydrogen-bond donors (Lipinski definition) is 0. The summed E-state index contributed by atoms with van der Waals surface area (Å²) in [6, 6.07) is 0. The lowest BCUT2D eigenvalue weighted by Crippen LogP contribution is 0.688. The van der Waals surface area contributed by atoms with Gasteiger partial charge in [0, 0.05) is 0 Å². The molecule has 0 saturated carbocycles. The van der Waals surface area contributed by atoms with Gasteiger partial charge in [0.05, 0.1) is 0 Å². The van der Waals surface area contributed by atoms with Crippen LogP contribution < -0.4 is 0 Å². The quantitative estimate of drug-likeness (QED) is 0.601. The molecule has 0 aliphatic carbocycles. The van der Waals surface area contributed by atoms with Crippen LogP contribution in [0.1, 0.15) is 0 Å². The van der Waals surface area contributed by atoms with Crippen LogP contribution in [0, 0.1) is 0 Å². The molecule has 1 atom stereocenters. The molecule has 0 rings (SSSR count). The molecular formula is H10Cl7P. The molecule has 0 N–H and O–H groups in total. The first-order chi connectivity index (χ1) is 0. The van der Waals surface area contributed by atoms with Crippen molar-refractivity contribution in [3.63, 3.8) is 0 Å². The van der Waals surface area contributed by atoms with Crippen LogP contribution >= 0.6 is 96.7 Å². The molecule has 0 radical (unpaired) electrons. The van der Waals surface area contributed by atoms with Crippen molar-refractivity contribution in [3.8, 4) is 0 Å². The van der Waals surface area contributed by atoms with Crippen molar-refractivity contribution in [3.05, 3.63) is 0 Å². The standard InChI is InChI=1S/7ClH.H3P/h7*1H;1H3. The summed E-state index contributed by atoms with van der Waals surface area (Å²) < 4.78 is 0. The van der Waals surface area contributed by atoms with Gasteiger partial charge >= 0.3 is 0 Å². The first kappa shape index (κ1) is 155. The van der Waals surface area contributed by atoms with E-state index in [-0.39, 0.29) is 96.7 Å². The van der Waals surface area contributed by atoms with E-state index < -0.39 is 0 Å². The van der Waals surface area contributed by atoms with Crippen molar-refractivity contribution in [2.75, 3.05) is 0 Å². The summed E-state index contributed by atoms with van der Waals surface area (Å²) in [5, 5.41) is 0. The maximum absolute atomic E-state index is 0. The van der Waals surface area contributed by atoms with Crippen molar-refractivity contribution in [1.29, 1.82) is 0 Å². The Kier molecular flexibility index (Phi) is 2160. The third kappa shape index (κ3) is 77.8. The average molecular weight is 289 g/mol. The second-order valence-electron chi connectivity index (χ2n) is 0. The molecule has 0 bridgehead atoms. The molecule has 1 unspecified atom stereocenters. The van der Waals surface area contributed by atoms with Gasteiger partial charge in [-0.1, -0.05) is 0 Å². The van der Waals surface area contributed by atoms with E-state index in [1.165, 1.54) is 0 Å². The Morgan fingerprint density at radius 1 is 0.250 bits per heavy atom. The Hall–Kier alpha value is 2.46. The lowest BCUT2D eigenvalue weighted by molar-refractivity contribution is 5.85. The molecule has 0 saturated heterocycles. The van der Waals surface area contributed by atoms with E-state index in [4.69, 9.17) is 0 Å². The monoisotopic (exact) mass is 286 g/mol. The molecular weight excluding hydrogens is 279 g/mol. The summed E-state index contributed by atoms with van der Waals surface area (Å²) in [5.41, 5.74) is 0. The zero-order valence-corrected chi connectivity index (χ0v) is 10.7. The summed E-state index contributed by atoms with van der Waals surface area (Å²) in [4.78, 5) is 0. The molecule has 8 heavy (non-hydrogen) atoms. The second kappa shape index (κ2) is 112. The lowest BCUT2D eigenvalue weighted by atomic mass is 31.0. The normalized spacial score (nSPS) is 0. The van der Waals surface area contributed by atoms with Crippen LogP contribution in [0.25, 0.3) is 0 Å². The molecule has 0 spiro atoms. The summed E-state index contributed by atoms with van der Waals surface area (Å²) >= 11 is 0. The van der Waals surface area contributed by atoms with Crippen molar-refractivity contribution in [2.24, 2.45) is 0 Å². The van der Waals surface area contributed by atoms with E-state index in [9.17, 15) is 0 Å². The van der Waals surface area contributed by atoms with Gasteiger partial charge in [0.2, 0.25) is 0 Å². The molecule has 0 aromatic heterocycles. The largest absolute Gasteiger partial charge is 0.153 e. The minimum Gasteiger partial charge on any atom is -0.153 e. The van der Waals surface area contributed by atoms with Gasteiger partial charge in [-0.15, -0.1) is 86.8 Å². The predicted molar refractivity (Wildman–Crippen MR) is 61.8 cm³/mol. The van der Waals surface area contributed by atoms with Crippen LogP contribution in [0.3, 0.4) is 0 Å². The van der Waals surface area contributed by atoms with Gasteiger partial charge in [0.25, 0.3) is 0 Å². The highest BCUT2D eigenvalue weighted by atomic mass is 35.5. The van der Waals surface area contributed by atoms with Crippen LogP contribution in [-0.2, 0) is 0 Å². The van der Waals surface area contributed by atoms with E-state index in [1.54, 1.807) is 0 Å². The molecule has 0 fully saturated rings. The fourth-order valence-corrected chi connectivity index (χ4v) is 0. The Bertz CT molecular complexity index is 4.35. The number of hydrogen-bond acceptors (Lipinski definition) is 0. The molecule has 0 amide bonds. The van der Waals surface area contributed by atoms with Gasteiger partial charge < -0.3 is 0 Å². The van der Waals surface area contributed by atoms with E-state index in [0.29, 0.717) is 0 Å². The molecule has 0 heterocycles. The second-order valence-corrected chi connectivity index (χ2v) is 0. The first-order valence-electron chi connectivity index (χ1n) is 0. The molecule has 64 valence electrons. The molecule has 0 aromatic rings. The van der Waals surface area contributed by atoms with Crippen LogP contribution in [0.2, 0.25) is 0 Å². The Morgan fingerprint density at radius 2 is 0.250 bits per heavy atom. The predicted octanol–water partition coefficient (Wildman–Crippen LogP) is 3.01. The molecule has 0 nitrogen and oxygen atoms in total. The van der Waals surface area contributed by atoms with Gasteiger partial charge in [-0.25, -0.2) is 0 Å². The van der Waals surface area contributed by atoms with E-state index in [1.807, 2.05) is 0 Å². The number of halogens is 7. The van der Waals surface area contributed by atoms with Crippen molar-refractivity contribution in [2.45, 2.75) is 0 Å². The van der Waals surface area contributed by atoms with Gasteiger partial charge in [0.15, 0.2) is 0 Å². The van der Waals surface area contributed by atoms with Gasteiger partial charge in [0.1, 0.15) is 0 Å².